The van der Waals surface area contributed by atoms with Gasteiger partial charge in [-0.1, -0.05) is 37.3 Å². The van der Waals surface area contributed by atoms with Gasteiger partial charge in [0, 0.05) is 54.3 Å². The Balaban J connectivity index is 1.31. The third kappa shape index (κ3) is 7.91. The van der Waals surface area contributed by atoms with E-state index in [0.29, 0.717) is 30.4 Å². The average molecular weight is 570 g/mol. The van der Waals surface area contributed by atoms with Gasteiger partial charge in [-0.3, -0.25) is 14.9 Å². The number of non-ortho nitro benzene ring substituents is 1. The number of nitrogens with zero attached hydrogens (tertiary/aromatic N) is 2. The van der Waals surface area contributed by atoms with Crippen LogP contribution in [-0.4, -0.2) is 39.4 Å². The Labute approximate surface area is 242 Å². The van der Waals surface area contributed by atoms with Crippen molar-refractivity contribution in [3.63, 3.8) is 0 Å². The zero-order valence-corrected chi connectivity index (χ0v) is 23.3. The van der Waals surface area contributed by atoms with Gasteiger partial charge >= 0.3 is 5.97 Å². The second-order valence-electron chi connectivity index (χ2n) is 9.59. The van der Waals surface area contributed by atoms with E-state index in [0.717, 1.165) is 29.0 Å². The summed E-state index contributed by atoms with van der Waals surface area (Å²) in [6.45, 7) is 4.02. The number of rotatable bonds is 14. The number of nitrogens with one attached hydrogen (secondary N) is 1. The topological polar surface area (TPSA) is 145 Å². The van der Waals surface area contributed by atoms with Crippen molar-refractivity contribution in [2.75, 3.05) is 6.61 Å². The number of carbonyl (C=O) groups excluding carboxylic acids is 1. The molecule has 0 spiro atoms. The van der Waals surface area contributed by atoms with E-state index >= 15 is 0 Å². The van der Waals surface area contributed by atoms with Gasteiger partial charge in [0.15, 0.2) is 5.78 Å². The quantitative estimate of drug-likeness (QED) is 0.0832. The number of hydrogen-bond donors (Lipinski definition) is 2. The lowest BCUT2D eigenvalue weighted by Gasteiger charge is -2.16. The van der Waals surface area contributed by atoms with Gasteiger partial charge in [0.2, 0.25) is 5.89 Å². The molecule has 42 heavy (non-hydrogen) atoms. The second kappa shape index (κ2) is 13.9. The first-order valence-corrected chi connectivity index (χ1v) is 13.5. The lowest BCUT2D eigenvalue weighted by Crippen LogP contribution is -2.37. The van der Waals surface area contributed by atoms with Crippen LogP contribution in [0.1, 0.15) is 41.2 Å². The molecule has 216 valence electrons. The number of carbonyl (C=O) groups is 2. The molecule has 0 saturated heterocycles. The number of hydrogen-bond acceptors (Lipinski definition) is 8. The van der Waals surface area contributed by atoms with Crippen LogP contribution >= 0.6 is 0 Å². The second-order valence-corrected chi connectivity index (χ2v) is 9.59. The number of aliphatic carboxylic acids is 1. The summed E-state index contributed by atoms with van der Waals surface area (Å²) in [6.07, 6.45) is 2.75. The van der Waals surface area contributed by atoms with Crippen molar-refractivity contribution in [3.05, 3.63) is 123 Å². The summed E-state index contributed by atoms with van der Waals surface area (Å²) in [5.41, 5.74) is 3.06. The highest BCUT2D eigenvalue weighted by atomic mass is 16.6. The SMILES string of the molecule is CCc1oc(-c2ccccc2)nc1CCOc1ccc(C[C@H](NC(C)=CC(=O)c2ccc([N+](=O)[O-])cc2)C(=O)O)cc1. The molecular formula is C32H31N3O7. The molecule has 3 aromatic carbocycles. The summed E-state index contributed by atoms with van der Waals surface area (Å²) in [4.78, 5) is 39.3. The lowest BCUT2D eigenvalue weighted by molar-refractivity contribution is -0.384. The Bertz CT molecular complexity index is 1560. The molecule has 1 atom stereocenters. The standard InChI is InChI=1S/C32H31N3O7/c1-3-30-27(34-31(42-30)24-7-5-4-6-8-24)17-18-41-26-15-9-22(10-16-26)20-28(32(37)38)33-21(2)19-29(36)23-11-13-25(14-12-23)35(39)40/h4-16,19,28,33H,3,17-18,20H2,1-2H3,(H,37,38)/t28-/m0/s1. The van der Waals surface area contributed by atoms with Gasteiger partial charge in [0.05, 0.1) is 17.2 Å². The third-order valence-corrected chi connectivity index (χ3v) is 6.50. The zero-order valence-electron chi connectivity index (χ0n) is 23.3. The van der Waals surface area contributed by atoms with E-state index in [1.165, 1.54) is 30.3 Å². The van der Waals surface area contributed by atoms with E-state index in [1.54, 1.807) is 31.2 Å². The number of ketones is 1. The Hall–Kier alpha value is -5.25. The van der Waals surface area contributed by atoms with Gasteiger partial charge in [-0.2, -0.15) is 0 Å². The monoisotopic (exact) mass is 569 g/mol. The number of nitro groups is 1. The number of nitro benzene ring substituents is 1. The summed E-state index contributed by atoms with van der Waals surface area (Å²) in [5, 5.41) is 23.4. The van der Waals surface area contributed by atoms with Crippen molar-refractivity contribution in [3.8, 4) is 17.2 Å². The van der Waals surface area contributed by atoms with E-state index in [4.69, 9.17) is 9.15 Å². The third-order valence-electron chi connectivity index (χ3n) is 6.50. The highest BCUT2D eigenvalue weighted by Gasteiger charge is 2.19. The molecule has 0 aliphatic rings. The Morgan fingerprint density at radius 3 is 2.38 bits per heavy atom. The van der Waals surface area contributed by atoms with E-state index in [1.807, 2.05) is 37.3 Å². The fourth-order valence-corrected chi connectivity index (χ4v) is 4.33. The van der Waals surface area contributed by atoms with Crippen LogP contribution in [0.5, 0.6) is 5.75 Å². The number of carboxylic acids is 1. The molecule has 0 aliphatic carbocycles. The summed E-state index contributed by atoms with van der Waals surface area (Å²) in [7, 11) is 0. The minimum atomic E-state index is -1.07. The average Bonchev–Trinajstić information content (AvgIpc) is 3.41. The Morgan fingerprint density at radius 1 is 1.07 bits per heavy atom. The van der Waals surface area contributed by atoms with E-state index < -0.39 is 22.7 Å². The first kappa shape index (κ1) is 29.7. The number of aryl methyl sites for hydroxylation is 1. The fraction of sp³-hybridized carbons (Fsp3) is 0.219. The predicted octanol–water partition coefficient (Wildman–Crippen LogP) is 5.81. The maximum Gasteiger partial charge on any atom is 0.326 e. The van der Waals surface area contributed by atoms with Crippen molar-refractivity contribution >= 4 is 17.4 Å². The highest BCUT2D eigenvalue weighted by Crippen LogP contribution is 2.23. The highest BCUT2D eigenvalue weighted by molar-refractivity contribution is 6.05. The molecule has 0 amide bonds. The largest absolute Gasteiger partial charge is 0.493 e. The Kier molecular flexibility index (Phi) is 9.83. The summed E-state index contributed by atoms with van der Waals surface area (Å²) >= 11 is 0. The van der Waals surface area contributed by atoms with Crippen LogP contribution in [0.2, 0.25) is 0 Å². The fourth-order valence-electron chi connectivity index (χ4n) is 4.33. The molecule has 10 nitrogen and oxygen atoms in total. The van der Waals surface area contributed by atoms with Gasteiger partial charge in [-0.15, -0.1) is 0 Å². The van der Waals surface area contributed by atoms with Crippen LogP contribution in [0, 0.1) is 10.1 Å². The van der Waals surface area contributed by atoms with Gasteiger partial charge in [-0.25, -0.2) is 9.78 Å². The molecule has 0 unspecified atom stereocenters. The maximum absolute atomic E-state index is 12.5. The molecule has 0 fully saturated rings. The maximum atomic E-state index is 12.5. The van der Waals surface area contributed by atoms with Crippen LogP contribution < -0.4 is 10.1 Å². The molecule has 0 saturated carbocycles. The summed E-state index contributed by atoms with van der Waals surface area (Å²) < 4.78 is 11.8. The lowest BCUT2D eigenvalue weighted by atomic mass is 10.0. The molecule has 4 rings (SSSR count). The van der Waals surface area contributed by atoms with Crippen molar-refractivity contribution in [1.82, 2.24) is 10.3 Å². The first-order chi connectivity index (χ1) is 20.2. The minimum absolute atomic E-state index is 0.120. The van der Waals surface area contributed by atoms with Crippen LogP contribution in [0.4, 0.5) is 5.69 Å². The summed E-state index contributed by atoms with van der Waals surface area (Å²) in [5.74, 6) is 0.606. The van der Waals surface area contributed by atoms with Crippen LogP contribution in [0.25, 0.3) is 11.5 Å². The van der Waals surface area contributed by atoms with Crippen molar-refractivity contribution in [2.45, 2.75) is 39.2 Å². The normalized spacial score (nSPS) is 12.0. The molecule has 10 heteroatoms. The van der Waals surface area contributed by atoms with Gasteiger partial charge < -0.3 is 19.6 Å². The van der Waals surface area contributed by atoms with Gasteiger partial charge in [-0.05, 0) is 48.9 Å². The van der Waals surface area contributed by atoms with Crippen molar-refractivity contribution in [1.29, 1.82) is 0 Å². The van der Waals surface area contributed by atoms with E-state index in [9.17, 15) is 24.8 Å². The van der Waals surface area contributed by atoms with Crippen LogP contribution in [-0.2, 0) is 24.1 Å². The Morgan fingerprint density at radius 2 is 1.76 bits per heavy atom. The zero-order chi connectivity index (χ0) is 30.1. The van der Waals surface area contributed by atoms with Crippen molar-refractivity contribution < 1.29 is 28.8 Å². The number of benzene rings is 3. The smallest absolute Gasteiger partial charge is 0.326 e. The molecular weight excluding hydrogens is 538 g/mol. The van der Waals surface area contributed by atoms with E-state index in [-0.39, 0.29) is 17.7 Å². The molecule has 1 aromatic heterocycles. The number of allylic oxidation sites excluding steroid dienone is 2. The van der Waals surface area contributed by atoms with Gasteiger partial charge in [0.1, 0.15) is 17.6 Å². The predicted molar refractivity (Wildman–Crippen MR) is 156 cm³/mol. The number of carboxylic acid groups (broad SMARTS) is 1. The number of ether oxygens (including phenoxy) is 1. The summed E-state index contributed by atoms with van der Waals surface area (Å²) in [6, 6.07) is 21.1. The molecule has 2 N–H and O–H groups in total. The molecule has 4 aromatic rings. The number of oxazole rings is 1. The minimum Gasteiger partial charge on any atom is -0.493 e. The van der Waals surface area contributed by atoms with Gasteiger partial charge in [0.25, 0.3) is 5.69 Å². The first-order valence-electron chi connectivity index (χ1n) is 13.5. The molecule has 0 aliphatic heterocycles. The molecule has 1 heterocycles. The van der Waals surface area contributed by atoms with Crippen LogP contribution in [0.15, 0.2) is 95.1 Å². The molecule has 0 bridgehead atoms. The van der Waals surface area contributed by atoms with Crippen LogP contribution in [0.3, 0.4) is 0 Å². The van der Waals surface area contributed by atoms with E-state index in [2.05, 4.69) is 10.3 Å². The number of aromatic nitrogens is 1. The molecule has 0 radical (unpaired) electrons. The van der Waals surface area contributed by atoms with Crippen molar-refractivity contribution in [2.24, 2.45) is 0 Å².